The number of ether oxygens (including phenoxy) is 1. The number of rotatable bonds is 7. The molecule has 6 heteroatoms. The van der Waals surface area contributed by atoms with Gasteiger partial charge in [0, 0.05) is 30.6 Å². The minimum Gasteiger partial charge on any atom is -0.496 e. The van der Waals surface area contributed by atoms with E-state index >= 15 is 0 Å². The Morgan fingerprint density at radius 2 is 1.81 bits per heavy atom. The average molecular weight is 375 g/mol. The van der Waals surface area contributed by atoms with E-state index in [0.717, 1.165) is 11.1 Å². The molecule has 0 saturated carbocycles. The van der Waals surface area contributed by atoms with Crippen molar-refractivity contribution in [2.24, 2.45) is 0 Å². The molecule has 0 aromatic heterocycles. The van der Waals surface area contributed by atoms with Crippen molar-refractivity contribution in [2.75, 3.05) is 7.11 Å². The van der Waals surface area contributed by atoms with Crippen molar-refractivity contribution in [3.8, 4) is 5.75 Å². The quantitative estimate of drug-likeness (QED) is 0.808. The maximum absolute atomic E-state index is 12.5. The van der Waals surface area contributed by atoms with Crippen molar-refractivity contribution in [3.63, 3.8) is 0 Å². The van der Waals surface area contributed by atoms with E-state index in [-0.39, 0.29) is 11.8 Å². The number of benzene rings is 2. The van der Waals surface area contributed by atoms with Gasteiger partial charge in [0.25, 0.3) is 0 Å². The maximum atomic E-state index is 12.5. The summed E-state index contributed by atoms with van der Waals surface area (Å²) in [6, 6.07) is 14.1. The molecule has 1 N–H and O–H groups in total. The van der Waals surface area contributed by atoms with Gasteiger partial charge in [-0.2, -0.15) is 0 Å². The van der Waals surface area contributed by atoms with Crippen LogP contribution in [-0.2, 0) is 22.7 Å². The van der Waals surface area contributed by atoms with Gasteiger partial charge < -0.3 is 15.0 Å². The predicted molar refractivity (Wildman–Crippen MR) is 102 cm³/mol. The van der Waals surface area contributed by atoms with Crippen LogP contribution in [0.15, 0.2) is 48.5 Å². The summed E-state index contributed by atoms with van der Waals surface area (Å²) in [7, 11) is 1.59. The van der Waals surface area contributed by atoms with Crippen molar-refractivity contribution >= 4 is 23.4 Å². The molecule has 1 atom stereocenters. The van der Waals surface area contributed by atoms with Gasteiger partial charge >= 0.3 is 0 Å². The van der Waals surface area contributed by atoms with Gasteiger partial charge in [-0.1, -0.05) is 41.9 Å². The van der Waals surface area contributed by atoms with Gasteiger partial charge in [0.15, 0.2) is 0 Å². The topological polar surface area (TPSA) is 58.6 Å². The molecule has 0 heterocycles. The highest BCUT2D eigenvalue weighted by Gasteiger charge is 2.23. The summed E-state index contributed by atoms with van der Waals surface area (Å²) < 4.78 is 5.29. The molecule has 0 saturated heterocycles. The summed E-state index contributed by atoms with van der Waals surface area (Å²) in [6.45, 7) is 3.85. The van der Waals surface area contributed by atoms with Gasteiger partial charge in [0.1, 0.15) is 11.8 Å². The van der Waals surface area contributed by atoms with Crippen LogP contribution >= 0.6 is 11.6 Å². The molecule has 0 aliphatic carbocycles. The van der Waals surface area contributed by atoms with Gasteiger partial charge in [-0.3, -0.25) is 9.59 Å². The lowest BCUT2D eigenvalue weighted by molar-refractivity contribution is -0.139. The second-order valence-corrected chi connectivity index (χ2v) is 6.42. The molecule has 2 aromatic rings. The summed E-state index contributed by atoms with van der Waals surface area (Å²) in [5, 5.41) is 3.50. The second-order valence-electron chi connectivity index (χ2n) is 5.98. The number of carbonyl (C=O) groups excluding carboxylic acids is 2. The van der Waals surface area contributed by atoms with E-state index in [1.165, 1.54) is 11.8 Å². The Labute approximate surface area is 158 Å². The number of carbonyl (C=O) groups is 2. The number of methoxy groups -OCH3 is 1. The van der Waals surface area contributed by atoms with Crippen LogP contribution in [0.25, 0.3) is 0 Å². The first kappa shape index (κ1) is 19.8. The van der Waals surface area contributed by atoms with Crippen LogP contribution in [0, 0.1) is 0 Å². The number of halogens is 1. The van der Waals surface area contributed by atoms with Crippen molar-refractivity contribution in [1.82, 2.24) is 10.2 Å². The van der Waals surface area contributed by atoms with Crippen LogP contribution in [0.4, 0.5) is 0 Å². The lowest BCUT2D eigenvalue weighted by Gasteiger charge is -2.27. The highest BCUT2D eigenvalue weighted by atomic mass is 35.5. The molecule has 2 rings (SSSR count). The molecule has 0 aliphatic rings. The first-order valence-electron chi connectivity index (χ1n) is 8.33. The van der Waals surface area contributed by atoms with Crippen molar-refractivity contribution in [3.05, 3.63) is 64.7 Å². The Morgan fingerprint density at radius 3 is 2.42 bits per heavy atom. The first-order valence-corrected chi connectivity index (χ1v) is 8.71. The lowest BCUT2D eigenvalue weighted by atomic mass is 10.1. The molecular weight excluding hydrogens is 352 g/mol. The zero-order valence-corrected chi connectivity index (χ0v) is 15.9. The van der Waals surface area contributed by atoms with Crippen LogP contribution in [0.3, 0.4) is 0 Å². The molecule has 0 radical (unpaired) electrons. The fourth-order valence-electron chi connectivity index (χ4n) is 2.63. The molecule has 0 spiro atoms. The van der Waals surface area contributed by atoms with Crippen LogP contribution in [0.2, 0.25) is 5.02 Å². The van der Waals surface area contributed by atoms with Crippen LogP contribution in [-0.4, -0.2) is 29.9 Å². The van der Waals surface area contributed by atoms with Gasteiger partial charge in [-0.05, 0) is 30.7 Å². The van der Waals surface area contributed by atoms with Crippen molar-refractivity contribution < 1.29 is 14.3 Å². The molecule has 0 aliphatic heterocycles. The van der Waals surface area contributed by atoms with Crippen LogP contribution < -0.4 is 10.1 Å². The highest BCUT2D eigenvalue weighted by Crippen LogP contribution is 2.17. The maximum Gasteiger partial charge on any atom is 0.242 e. The Kier molecular flexibility index (Phi) is 7.04. The third-order valence-electron chi connectivity index (χ3n) is 4.16. The summed E-state index contributed by atoms with van der Waals surface area (Å²) in [6.07, 6.45) is 0. The third-order valence-corrected chi connectivity index (χ3v) is 4.42. The summed E-state index contributed by atoms with van der Waals surface area (Å²) >= 11 is 5.89. The van der Waals surface area contributed by atoms with E-state index < -0.39 is 6.04 Å². The van der Waals surface area contributed by atoms with Crippen molar-refractivity contribution in [1.29, 1.82) is 0 Å². The Balaban J connectivity index is 2.03. The van der Waals surface area contributed by atoms with E-state index in [2.05, 4.69) is 5.32 Å². The van der Waals surface area contributed by atoms with E-state index in [0.29, 0.717) is 23.9 Å². The molecule has 0 unspecified atom stereocenters. The molecule has 26 heavy (non-hydrogen) atoms. The van der Waals surface area contributed by atoms with Crippen LogP contribution in [0.5, 0.6) is 5.75 Å². The average Bonchev–Trinajstić information content (AvgIpc) is 2.65. The molecular formula is C20H23ClN2O3. The minimum absolute atomic E-state index is 0.167. The highest BCUT2D eigenvalue weighted by molar-refractivity contribution is 6.30. The number of nitrogens with one attached hydrogen (secondary N) is 1. The summed E-state index contributed by atoms with van der Waals surface area (Å²) in [5.41, 5.74) is 1.79. The second kappa shape index (κ2) is 9.25. The summed E-state index contributed by atoms with van der Waals surface area (Å²) in [5.74, 6) is 0.324. The normalized spacial score (nSPS) is 11.5. The zero-order chi connectivity index (χ0) is 19.1. The SMILES string of the molecule is COc1ccccc1CNC(=O)[C@H](C)N(Cc1ccc(Cl)cc1)C(C)=O. The van der Waals surface area contributed by atoms with Gasteiger partial charge in [0.2, 0.25) is 11.8 Å². The van der Waals surface area contributed by atoms with Gasteiger partial charge in [-0.15, -0.1) is 0 Å². The van der Waals surface area contributed by atoms with Crippen molar-refractivity contribution in [2.45, 2.75) is 33.0 Å². The Hall–Kier alpha value is -2.53. The third kappa shape index (κ3) is 5.23. The molecule has 5 nitrogen and oxygen atoms in total. The van der Waals surface area contributed by atoms with E-state index in [4.69, 9.17) is 16.3 Å². The Morgan fingerprint density at radius 1 is 1.15 bits per heavy atom. The number of amides is 2. The molecule has 2 aromatic carbocycles. The summed E-state index contributed by atoms with van der Waals surface area (Å²) in [4.78, 5) is 26.1. The van der Waals surface area contributed by atoms with E-state index in [1.54, 1.807) is 26.2 Å². The van der Waals surface area contributed by atoms with Crippen LogP contribution in [0.1, 0.15) is 25.0 Å². The lowest BCUT2D eigenvalue weighted by Crippen LogP contribution is -2.46. The number of hydrogen-bond acceptors (Lipinski definition) is 3. The van der Waals surface area contributed by atoms with Gasteiger partial charge in [-0.25, -0.2) is 0 Å². The monoisotopic (exact) mass is 374 g/mol. The molecule has 0 bridgehead atoms. The number of hydrogen-bond donors (Lipinski definition) is 1. The molecule has 138 valence electrons. The minimum atomic E-state index is -0.599. The number of nitrogens with zero attached hydrogens (tertiary/aromatic N) is 1. The zero-order valence-electron chi connectivity index (χ0n) is 15.2. The fraction of sp³-hybridized carbons (Fsp3) is 0.300. The molecule has 0 fully saturated rings. The smallest absolute Gasteiger partial charge is 0.242 e. The predicted octanol–water partition coefficient (Wildman–Crippen LogP) is 3.40. The number of para-hydroxylation sites is 1. The fourth-order valence-corrected chi connectivity index (χ4v) is 2.75. The molecule has 2 amide bonds. The van der Waals surface area contributed by atoms with E-state index in [9.17, 15) is 9.59 Å². The Bertz CT molecular complexity index is 762. The van der Waals surface area contributed by atoms with E-state index in [1.807, 2.05) is 36.4 Å². The first-order chi connectivity index (χ1) is 12.4. The van der Waals surface area contributed by atoms with Gasteiger partial charge in [0.05, 0.1) is 7.11 Å². The largest absolute Gasteiger partial charge is 0.496 e. The standard InChI is InChI=1S/C20H23ClN2O3/c1-14(20(25)22-12-17-6-4-5-7-19(17)26-3)23(15(2)24)13-16-8-10-18(21)11-9-16/h4-11,14H,12-13H2,1-3H3,(H,22,25)/t14-/m0/s1.